The van der Waals surface area contributed by atoms with E-state index in [4.69, 9.17) is 0 Å². The SMILES string of the molecule is Cc1ccc(SCCNC(=O)CCNS(=O)(=O)c2ccccc2)cc1. The summed E-state index contributed by atoms with van der Waals surface area (Å²) < 4.78 is 26.5. The molecule has 2 N–H and O–H groups in total. The van der Waals surface area contributed by atoms with Crippen LogP contribution in [-0.4, -0.2) is 33.2 Å². The van der Waals surface area contributed by atoms with Gasteiger partial charge in [0.15, 0.2) is 0 Å². The molecule has 0 unspecified atom stereocenters. The number of rotatable bonds is 9. The number of sulfonamides is 1. The molecular weight excluding hydrogens is 356 g/mol. The highest BCUT2D eigenvalue weighted by atomic mass is 32.2. The van der Waals surface area contributed by atoms with Crippen molar-refractivity contribution in [2.75, 3.05) is 18.8 Å². The van der Waals surface area contributed by atoms with Crippen LogP contribution in [-0.2, 0) is 14.8 Å². The summed E-state index contributed by atoms with van der Waals surface area (Å²) in [5.74, 6) is 0.602. The number of aryl methyl sites for hydroxylation is 1. The number of carbonyl (C=O) groups is 1. The second-order valence-electron chi connectivity index (χ2n) is 5.47. The van der Waals surface area contributed by atoms with Crippen LogP contribution in [0.4, 0.5) is 0 Å². The van der Waals surface area contributed by atoms with Gasteiger partial charge in [-0.25, -0.2) is 13.1 Å². The van der Waals surface area contributed by atoms with Crippen LogP contribution in [0, 0.1) is 6.92 Å². The van der Waals surface area contributed by atoms with E-state index < -0.39 is 10.0 Å². The van der Waals surface area contributed by atoms with Gasteiger partial charge >= 0.3 is 0 Å². The molecular formula is C18H22N2O3S2. The van der Waals surface area contributed by atoms with E-state index in [1.54, 1.807) is 30.0 Å². The van der Waals surface area contributed by atoms with Crippen molar-refractivity contribution in [2.24, 2.45) is 0 Å². The van der Waals surface area contributed by atoms with Crippen LogP contribution in [0.5, 0.6) is 0 Å². The summed E-state index contributed by atoms with van der Waals surface area (Å²) in [7, 11) is -3.55. The highest BCUT2D eigenvalue weighted by molar-refractivity contribution is 7.99. The van der Waals surface area contributed by atoms with Crippen LogP contribution in [0.1, 0.15) is 12.0 Å². The topological polar surface area (TPSA) is 75.3 Å². The number of hydrogen-bond acceptors (Lipinski definition) is 4. The molecule has 0 bridgehead atoms. The van der Waals surface area contributed by atoms with Gasteiger partial charge in [-0.1, -0.05) is 35.9 Å². The van der Waals surface area contributed by atoms with E-state index in [1.165, 1.54) is 17.7 Å². The Hall–Kier alpha value is -1.83. The van der Waals surface area contributed by atoms with E-state index in [0.29, 0.717) is 6.54 Å². The molecule has 2 rings (SSSR count). The van der Waals surface area contributed by atoms with Crippen LogP contribution in [0.15, 0.2) is 64.4 Å². The molecule has 0 aromatic heterocycles. The molecule has 0 saturated carbocycles. The lowest BCUT2D eigenvalue weighted by Crippen LogP contribution is -2.31. The fraction of sp³-hybridized carbons (Fsp3) is 0.278. The summed E-state index contributed by atoms with van der Waals surface area (Å²) in [5, 5.41) is 2.80. The van der Waals surface area contributed by atoms with E-state index in [-0.39, 0.29) is 23.8 Å². The zero-order valence-corrected chi connectivity index (χ0v) is 15.7. The first-order valence-electron chi connectivity index (χ1n) is 7.98. The first-order valence-corrected chi connectivity index (χ1v) is 10.4. The zero-order chi connectivity index (χ0) is 18.1. The van der Waals surface area contributed by atoms with Crippen molar-refractivity contribution >= 4 is 27.7 Å². The molecule has 0 spiro atoms. The Bertz CT molecular complexity index is 776. The molecule has 5 nitrogen and oxygen atoms in total. The molecule has 134 valence electrons. The molecule has 0 aliphatic heterocycles. The van der Waals surface area contributed by atoms with Gasteiger partial charge in [0.25, 0.3) is 0 Å². The molecule has 0 atom stereocenters. The molecule has 2 aromatic carbocycles. The average molecular weight is 379 g/mol. The third-order valence-electron chi connectivity index (χ3n) is 3.41. The molecule has 0 heterocycles. The van der Waals surface area contributed by atoms with Crippen molar-refractivity contribution in [3.8, 4) is 0 Å². The molecule has 25 heavy (non-hydrogen) atoms. The summed E-state index contributed by atoms with van der Waals surface area (Å²) >= 11 is 1.67. The van der Waals surface area contributed by atoms with Gasteiger partial charge in [0.05, 0.1) is 4.90 Å². The minimum absolute atomic E-state index is 0.0775. The molecule has 7 heteroatoms. The number of nitrogens with one attached hydrogen (secondary N) is 2. The average Bonchev–Trinajstić information content (AvgIpc) is 2.61. The Labute approximate surface area is 153 Å². The van der Waals surface area contributed by atoms with Crippen LogP contribution >= 0.6 is 11.8 Å². The van der Waals surface area contributed by atoms with Gasteiger partial charge in [-0.05, 0) is 31.2 Å². The van der Waals surface area contributed by atoms with Crippen molar-refractivity contribution in [1.82, 2.24) is 10.0 Å². The normalized spacial score (nSPS) is 11.2. The number of benzene rings is 2. The van der Waals surface area contributed by atoms with Crippen LogP contribution < -0.4 is 10.0 Å². The smallest absolute Gasteiger partial charge is 0.240 e. The lowest BCUT2D eigenvalue weighted by Gasteiger charge is -2.08. The summed E-state index contributed by atoms with van der Waals surface area (Å²) in [4.78, 5) is 13.1. The number of carbonyl (C=O) groups excluding carboxylic acids is 1. The van der Waals surface area contributed by atoms with Crippen molar-refractivity contribution in [3.63, 3.8) is 0 Å². The number of hydrogen-bond donors (Lipinski definition) is 2. The van der Waals surface area contributed by atoms with Crippen LogP contribution in [0.25, 0.3) is 0 Å². The quantitative estimate of drug-likeness (QED) is 0.519. The van der Waals surface area contributed by atoms with Crippen molar-refractivity contribution in [1.29, 1.82) is 0 Å². The Morgan fingerprint density at radius 3 is 2.36 bits per heavy atom. The summed E-state index contributed by atoms with van der Waals surface area (Å²) in [6.07, 6.45) is 0.112. The lowest BCUT2D eigenvalue weighted by molar-refractivity contribution is -0.120. The predicted octanol–water partition coefficient (Wildman–Crippen LogP) is 2.57. The zero-order valence-electron chi connectivity index (χ0n) is 14.1. The van der Waals surface area contributed by atoms with Crippen LogP contribution in [0.3, 0.4) is 0 Å². The maximum atomic E-state index is 12.0. The molecule has 0 radical (unpaired) electrons. The van der Waals surface area contributed by atoms with E-state index in [0.717, 1.165) is 10.6 Å². The molecule has 2 aromatic rings. The Balaban J connectivity index is 1.63. The second-order valence-corrected chi connectivity index (χ2v) is 8.41. The van der Waals surface area contributed by atoms with Crippen LogP contribution in [0.2, 0.25) is 0 Å². The van der Waals surface area contributed by atoms with Gasteiger partial charge in [-0.2, -0.15) is 0 Å². The molecule has 0 fully saturated rings. The molecule has 0 aliphatic rings. The highest BCUT2D eigenvalue weighted by Crippen LogP contribution is 2.17. The monoisotopic (exact) mass is 378 g/mol. The summed E-state index contributed by atoms with van der Waals surface area (Å²) in [6.45, 7) is 2.66. The highest BCUT2D eigenvalue weighted by Gasteiger charge is 2.13. The van der Waals surface area contributed by atoms with Crippen molar-refractivity contribution in [3.05, 3.63) is 60.2 Å². The summed E-state index contributed by atoms with van der Waals surface area (Å²) in [5.41, 5.74) is 1.22. The molecule has 1 amide bonds. The van der Waals surface area contributed by atoms with Gasteiger partial charge in [-0.15, -0.1) is 11.8 Å². The maximum absolute atomic E-state index is 12.0. The fourth-order valence-corrected chi connectivity index (χ4v) is 3.89. The van der Waals surface area contributed by atoms with Crippen molar-refractivity contribution in [2.45, 2.75) is 23.1 Å². The van der Waals surface area contributed by atoms with Gasteiger partial charge in [-0.3, -0.25) is 4.79 Å². The lowest BCUT2D eigenvalue weighted by atomic mass is 10.2. The van der Waals surface area contributed by atoms with E-state index in [2.05, 4.69) is 34.3 Å². The Kier molecular flexibility index (Phi) is 7.49. The Morgan fingerprint density at radius 1 is 1.00 bits per heavy atom. The van der Waals surface area contributed by atoms with E-state index in [1.807, 2.05) is 6.92 Å². The first kappa shape index (κ1) is 19.5. The van der Waals surface area contributed by atoms with E-state index in [9.17, 15) is 13.2 Å². The van der Waals surface area contributed by atoms with Crippen molar-refractivity contribution < 1.29 is 13.2 Å². The predicted molar refractivity (Wildman–Crippen MR) is 101 cm³/mol. The fourth-order valence-electron chi connectivity index (χ4n) is 2.06. The second kappa shape index (κ2) is 9.60. The molecule has 0 saturated heterocycles. The third kappa shape index (κ3) is 6.89. The van der Waals surface area contributed by atoms with Gasteiger partial charge in [0.1, 0.15) is 0 Å². The largest absolute Gasteiger partial charge is 0.355 e. The third-order valence-corrected chi connectivity index (χ3v) is 5.90. The molecule has 0 aliphatic carbocycles. The number of amides is 1. The van der Waals surface area contributed by atoms with Gasteiger partial charge in [0, 0.05) is 30.2 Å². The van der Waals surface area contributed by atoms with Gasteiger partial charge < -0.3 is 5.32 Å². The van der Waals surface area contributed by atoms with E-state index >= 15 is 0 Å². The number of thioether (sulfide) groups is 1. The van der Waals surface area contributed by atoms with Gasteiger partial charge in [0.2, 0.25) is 15.9 Å². The first-order chi connectivity index (χ1) is 12.0. The Morgan fingerprint density at radius 2 is 1.68 bits per heavy atom. The minimum atomic E-state index is -3.55. The standard InChI is InChI=1S/C18H22N2O3S2/c1-15-7-9-16(10-8-15)24-14-13-19-18(21)11-12-20-25(22,23)17-5-3-2-4-6-17/h2-10,20H,11-14H2,1H3,(H,19,21). The summed E-state index contributed by atoms with van der Waals surface area (Å²) in [6, 6.07) is 16.3. The maximum Gasteiger partial charge on any atom is 0.240 e. The minimum Gasteiger partial charge on any atom is -0.355 e.